The lowest BCUT2D eigenvalue weighted by atomic mass is 10.3. The second kappa shape index (κ2) is 6.34. The van der Waals surface area contributed by atoms with Crippen LogP contribution in [0.2, 0.25) is 0 Å². The first kappa shape index (κ1) is 12.8. The highest BCUT2D eigenvalue weighted by Crippen LogP contribution is 2.12. The van der Waals surface area contributed by atoms with E-state index in [9.17, 15) is 4.79 Å². The van der Waals surface area contributed by atoms with Crippen molar-refractivity contribution in [3.05, 3.63) is 48.5 Å². The first-order chi connectivity index (χ1) is 9.24. The summed E-state index contributed by atoms with van der Waals surface area (Å²) < 4.78 is 5.31. The number of aromatic nitrogens is 2. The lowest BCUT2D eigenvalue weighted by Crippen LogP contribution is -2.28. The van der Waals surface area contributed by atoms with Crippen LogP contribution in [-0.2, 0) is 11.3 Å². The molecule has 1 aromatic carbocycles. The molecular formula is C13H14N4O2. The molecule has 6 heteroatoms. The fraction of sp³-hybridized carbons (Fsp3) is 0.154. The van der Waals surface area contributed by atoms with Crippen LogP contribution in [0, 0.1) is 0 Å². The Kier molecular flexibility index (Phi) is 4.28. The van der Waals surface area contributed by atoms with E-state index in [2.05, 4.69) is 15.3 Å². The summed E-state index contributed by atoms with van der Waals surface area (Å²) in [6, 6.07) is 8.60. The van der Waals surface area contributed by atoms with Gasteiger partial charge in [-0.25, -0.2) is 9.97 Å². The molecule has 0 aliphatic carbocycles. The number of carbonyl (C=O) groups excluding carboxylic acids is 1. The molecule has 2 rings (SSSR count). The molecule has 1 heterocycles. The highest BCUT2D eigenvalue weighted by molar-refractivity contribution is 5.77. The zero-order chi connectivity index (χ0) is 13.5. The summed E-state index contributed by atoms with van der Waals surface area (Å²) in [5.41, 5.74) is 6.95. The van der Waals surface area contributed by atoms with Gasteiger partial charge in [-0.3, -0.25) is 4.79 Å². The van der Waals surface area contributed by atoms with Crippen LogP contribution in [0.1, 0.15) is 5.69 Å². The van der Waals surface area contributed by atoms with Crippen molar-refractivity contribution in [2.75, 3.05) is 12.3 Å². The maximum absolute atomic E-state index is 11.6. The molecule has 19 heavy (non-hydrogen) atoms. The molecule has 98 valence electrons. The van der Waals surface area contributed by atoms with E-state index in [-0.39, 0.29) is 12.5 Å². The van der Waals surface area contributed by atoms with Crippen molar-refractivity contribution in [3.8, 4) is 5.75 Å². The number of benzene rings is 1. The second-order valence-electron chi connectivity index (χ2n) is 3.84. The molecule has 3 N–H and O–H groups in total. The van der Waals surface area contributed by atoms with Crippen LogP contribution in [-0.4, -0.2) is 22.5 Å². The zero-order valence-electron chi connectivity index (χ0n) is 10.2. The van der Waals surface area contributed by atoms with Crippen LogP contribution in [0.25, 0.3) is 0 Å². The van der Waals surface area contributed by atoms with Gasteiger partial charge >= 0.3 is 0 Å². The van der Waals surface area contributed by atoms with Crippen molar-refractivity contribution in [3.63, 3.8) is 0 Å². The highest BCUT2D eigenvalue weighted by atomic mass is 16.5. The van der Waals surface area contributed by atoms with Crippen LogP contribution >= 0.6 is 0 Å². The van der Waals surface area contributed by atoms with E-state index in [1.807, 2.05) is 0 Å². The zero-order valence-corrected chi connectivity index (χ0v) is 10.2. The van der Waals surface area contributed by atoms with Gasteiger partial charge in [-0.2, -0.15) is 0 Å². The topological polar surface area (TPSA) is 90.1 Å². The molecule has 1 amide bonds. The van der Waals surface area contributed by atoms with E-state index >= 15 is 0 Å². The molecule has 0 spiro atoms. The van der Waals surface area contributed by atoms with Crippen molar-refractivity contribution >= 4 is 11.6 Å². The van der Waals surface area contributed by atoms with Gasteiger partial charge in [-0.15, -0.1) is 0 Å². The predicted molar refractivity (Wildman–Crippen MR) is 70.2 cm³/mol. The summed E-state index contributed by atoms with van der Waals surface area (Å²) in [4.78, 5) is 19.3. The number of hydrogen-bond acceptors (Lipinski definition) is 5. The normalized spacial score (nSPS) is 9.89. The molecule has 6 nitrogen and oxygen atoms in total. The minimum absolute atomic E-state index is 0.0466. The largest absolute Gasteiger partial charge is 0.484 e. The van der Waals surface area contributed by atoms with E-state index in [0.717, 1.165) is 5.69 Å². The van der Waals surface area contributed by atoms with Gasteiger partial charge in [0.1, 0.15) is 12.1 Å². The van der Waals surface area contributed by atoms with Crippen molar-refractivity contribution in [2.24, 2.45) is 0 Å². The molecule has 0 aliphatic rings. The van der Waals surface area contributed by atoms with E-state index in [1.165, 1.54) is 6.33 Å². The fourth-order valence-electron chi connectivity index (χ4n) is 1.38. The number of nitrogens with zero attached hydrogens (tertiary/aromatic N) is 2. The van der Waals surface area contributed by atoms with Crippen molar-refractivity contribution in [1.82, 2.24) is 15.3 Å². The van der Waals surface area contributed by atoms with Gasteiger partial charge in [0.15, 0.2) is 6.61 Å². The molecule has 2 aromatic rings. The third-order valence-corrected chi connectivity index (χ3v) is 2.36. The number of ether oxygens (including phenoxy) is 1. The Morgan fingerprint density at radius 1 is 1.26 bits per heavy atom. The van der Waals surface area contributed by atoms with E-state index in [4.69, 9.17) is 10.5 Å². The number of amides is 1. The Bertz CT molecular complexity index is 528. The predicted octanol–water partition coefficient (Wildman–Crippen LogP) is 0.754. The number of hydrogen-bond donors (Lipinski definition) is 2. The third kappa shape index (κ3) is 4.27. The van der Waals surface area contributed by atoms with E-state index < -0.39 is 0 Å². The minimum Gasteiger partial charge on any atom is -0.484 e. The summed E-state index contributed by atoms with van der Waals surface area (Å²) in [6.45, 7) is 0.307. The lowest BCUT2D eigenvalue weighted by molar-refractivity contribution is -0.123. The second-order valence-corrected chi connectivity index (χ2v) is 3.84. The molecular weight excluding hydrogens is 244 g/mol. The summed E-state index contributed by atoms with van der Waals surface area (Å²) in [6.07, 6.45) is 3.06. The number of carbonyl (C=O) groups is 1. The van der Waals surface area contributed by atoms with E-state index in [0.29, 0.717) is 18.0 Å². The molecule has 1 aromatic heterocycles. The Morgan fingerprint density at radius 3 is 2.74 bits per heavy atom. The number of anilines is 1. The van der Waals surface area contributed by atoms with Crippen LogP contribution in [0.3, 0.4) is 0 Å². The summed E-state index contributed by atoms with van der Waals surface area (Å²) in [5.74, 6) is 0.391. The molecule has 0 bridgehead atoms. The van der Waals surface area contributed by atoms with Crippen molar-refractivity contribution < 1.29 is 9.53 Å². The van der Waals surface area contributed by atoms with Crippen LogP contribution in [0.15, 0.2) is 42.9 Å². The highest BCUT2D eigenvalue weighted by Gasteiger charge is 2.03. The Morgan fingerprint density at radius 2 is 2.05 bits per heavy atom. The Hall–Kier alpha value is -2.63. The molecule has 0 radical (unpaired) electrons. The Labute approximate surface area is 110 Å². The standard InChI is InChI=1S/C13H14N4O2/c14-10-1-3-12(4-2-10)19-8-13(18)16-7-11-5-6-15-9-17-11/h1-6,9H,7-8,14H2,(H,16,18). The van der Waals surface area contributed by atoms with Crippen LogP contribution in [0.5, 0.6) is 5.75 Å². The number of rotatable bonds is 5. The summed E-state index contributed by atoms with van der Waals surface area (Å²) in [7, 11) is 0. The smallest absolute Gasteiger partial charge is 0.258 e. The Balaban J connectivity index is 1.74. The van der Waals surface area contributed by atoms with Gasteiger partial charge < -0.3 is 15.8 Å². The average Bonchev–Trinajstić information content (AvgIpc) is 2.45. The first-order valence-electron chi connectivity index (χ1n) is 5.74. The van der Waals surface area contributed by atoms with Crippen LogP contribution < -0.4 is 15.8 Å². The van der Waals surface area contributed by atoms with Crippen molar-refractivity contribution in [2.45, 2.75) is 6.54 Å². The molecule has 0 aliphatic heterocycles. The third-order valence-electron chi connectivity index (χ3n) is 2.36. The SMILES string of the molecule is Nc1ccc(OCC(=O)NCc2ccncn2)cc1. The first-order valence-corrected chi connectivity index (χ1v) is 5.74. The summed E-state index contributed by atoms with van der Waals surface area (Å²) in [5, 5.41) is 2.70. The fourth-order valence-corrected chi connectivity index (χ4v) is 1.38. The molecule has 0 fully saturated rings. The van der Waals surface area contributed by atoms with Gasteiger partial charge in [0.25, 0.3) is 5.91 Å². The van der Waals surface area contributed by atoms with E-state index in [1.54, 1.807) is 36.5 Å². The molecule has 0 saturated carbocycles. The number of nitrogen functional groups attached to an aromatic ring is 1. The maximum Gasteiger partial charge on any atom is 0.258 e. The number of nitrogens with one attached hydrogen (secondary N) is 1. The van der Waals surface area contributed by atoms with Gasteiger partial charge in [0, 0.05) is 11.9 Å². The van der Waals surface area contributed by atoms with Crippen LogP contribution in [0.4, 0.5) is 5.69 Å². The average molecular weight is 258 g/mol. The maximum atomic E-state index is 11.6. The quantitative estimate of drug-likeness (QED) is 0.772. The number of nitrogens with two attached hydrogens (primary N) is 1. The van der Waals surface area contributed by atoms with Gasteiger partial charge in [0.2, 0.25) is 0 Å². The van der Waals surface area contributed by atoms with Gasteiger partial charge in [0.05, 0.1) is 12.2 Å². The minimum atomic E-state index is -0.213. The summed E-state index contributed by atoms with van der Waals surface area (Å²) >= 11 is 0. The molecule has 0 saturated heterocycles. The van der Waals surface area contributed by atoms with Gasteiger partial charge in [-0.05, 0) is 30.3 Å². The van der Waals surface area contributed by atoms with Crippen molar-refractivity contribution in [1.29, 1.82) is 0 Å². The monoisotopic (exact) mass is 258 g/mol. The lowest BCUT2D eigenvalue weighted by Gasteiger charge is -2.07. The molecule has 0 unspecified atom stereocenters. The molecule has 0 atom stereocenters. The van der Waals surface area contributed by atoms with Gasteiger partial charge in [-0.1, -0.05) is 0 Å².